The van der Waals surface area contributed by atoms with Crippen LogP contribution < -0.4 is 5.32 Å². The molecule has 0 aliphatic rings. The number of carbonyl (C=O) groups is 2. The van der Waals surface area contributed by atoms with Crippen molar-refractivity contribution in [3.05, 3.63) is 69.2 Å². The molecule has 0 radical (unpaired) electrons. The quantitative estimate of drug-likeness (QED) is 0.513. The summed E-state index contributed by atoms with van der Waals surface area (Å²) in [5, 5.41) is 3.60. The van der Waals surface area contributed by atoms with Crippen LogP contribution in [0.2, 0.25) is 5.02 Å². The summed E-state index contributed by atoms with van der Waals surface area (Å²) in [6, 6.07) is 14.8. The van der Waals surface area contributed by atoms with E-state index in [0.717, 1.165) is 15.6 Å². The van der Waals surface area contributed by atoms with E-state index in [1.54, 1.807) is 11.8 Å². The molecule has 2 amide bonds. The van der Waals surface area contributed by atoms with Gasteiger partial charge in [-0.15, -0.1) is 11.8 Å². The number of hydrogen-bond acceptors (Lipinski definition) is 3. The van der Waals surface area contributed by atoms with Crippen LogP contribution in [0, 0.1) is 0 Å². The van der Waals surface area contributed by atoms with E-state index in [9.17, 15) is 9.59 Å². The Labute approximate surface area is 190 Å². The van der Waals surface area contributed by atoms with Crippen LogP contribution in [0.5, 0.6) is 0 Å². The lowest BCUT2D eigenvalue weighted by Gasteiger charge is -2.29. The lowest BCUT2D eigenvalue weighted by molar-refractivity contribution is -0.138. The minimum atomic E-state index is -0.561. The zero-order valence-electron chi connectivity index (χ0n) is 16.8. The number of carbonyl (C=O) groups excluding carboxylic acids is 2. The molecule has 0 heterocycles. The summed E-state index contributed by atoms with van der Waals surface area (Å²) in [4.78, 5) is 27.2. The van der Waals surface area contributed by atoms with Crippen LogP contribution in [-0.2, 0) is 21.9 Å². The highest BCUT2D eigenvalue weighted by molar-refractivity contribution is 9.10. The molecule has 0 aliphatic heterocycles. The standard InChI is InChI=1S/C22H26BrClN2O2S/c1-15(2)25-22(28)16(3)26(12-17-8-10-19(23)11-9-17)21(27)14-29-13-18-6-4-5-7-20(18)24/h4-11,15-16H,12-14H2,1-3H3,(H,25,28). The van der Waals surface area contributed by atoms with Gasteiger partial charge in [-0.2, -0.15) is 0 Å². The zero-order chi connectivity index (χ0) is 21.4. The van der Waals surface area contributed by atoms with Gasteiger partial charge >= 0.3 is 0 Å². The fourth-order valence-electron chi connectivity index (χ4n) is 2.72. The van der Waals surface area contributed by atoms with Crippen LogP contribution in [0.25, 0.3) is 0 Å². The fourth-order valence-corrected chi connectivity index (χ4v) is 4.18. The number of nitrogens with one attached hydrogen (secondary N) is 1. The van der Waals surface area contributed by atoms with Gasteiger partial charge in [0.25, 0.3) is 0 Å². The first-order valence-electron chi connectivity index (χ1n) is 9.43. The predicted molar refractivity (Wildman–Crippen MR) is 125 cm³/mol. The third-order valence-electron chi connectivity index (χ3n) is 4.31. The molecule has 0 aliphatic carbocycles. The first-order valence-corrected chi connectivity index (χ1v) is 11.8. The number of rotatable bonds is 9. The number of nitrogens with zero attached hydrogens (tertiary/aromatic N) is 1. The number of hydrogen-bond donors (Lipinski definition) is 1. The third-order valence-corrected chi connectivity index (χ3v) is 6.17. The number of amides is 2. The normalized spacial score (nSPS) is 11.9. The highest BCUT2D eigenvalue weighted by Gasteiger charge is 2.26. The Morgan fingerprint density at radius 2 is 1.76 bits per heavy atom. The largest absolute Gasteiger partial charge is 0.352 e. The Kier molecular flexibility index (Phi) is 9.53. The SMILES string of the molecule is CC(C)NC(=O)C(C)N(Cc1ccc(Br)cc1)C(=O)CSCc1ccccc1Cl. The van der Waals surface area contributed by atoms with E-state index < -0.39 is 6.04 Å². The van der Waals surface area contributed by atoms with Gasteiger partial charge in [0.15, 0.2) is 0 Å². The van der Waals surface area contributed by atoms with Crippen molar-refractivity contribution >= 4 is 51.1 Å². The smallest absolute Gasteiger partial charge is 0.242 e. The molecule has 0 bridgehead atoms. The molecule has 0 fully saturated rings. The molecular formula is C22H26BrClN2O2S. The van der Waals surface area contributed by atoms with Crippen molar-refractivity contribution in [3.8, 4) is 0 Å². The molecule has 2 rings (SSSR count). The summed E-state index contributed by atoms with van der Waals surface area (Å²) < 4.78 is 0.972. The minimum absolute atomic E-state index is 0.0178. The summed E-state index contributed by atoms with van der Waals surface area (Å²) in [5.41, 5.74) is 1.97. The van der Waals surface area contributed by atoms with Crippen LogP contribution >= 0.6 is 39.3 Å². The number of halogens is 2. The molecule has 0 aromatic heterocycles. The maximum absolute atomic E-state index is 13.0. The number of thioether (sulfide) groups is 1. The topological polar surface area (TPSA) is 49.4 Å². The summed E-state index contributed by atoms with van der Waals surface area (Å²) in [6.45, 7) is 5.97. The molecule has 0 saturated heterocycles. The molecular weight excluding hydrogens is 472 g/mol. The van der Waals surface area contributed by atoms with E-state index in [2.05, 4.69) is 21.2 Å². The number of benzene rings is 2. The molecule has 1 atom stereocenters. The average Bonchev–Trinajstić information content (AvgIpc) is 2.68. The molecule has 2 aromatic rings. The van der Waals surface area contributed by atoms with Crippen molar-refractivity contribution in [1.82, 2.24) is 10.2 Å². The van der Waals surface area contributed by atoms with Gasteiger partial charge in [-0.25, -0.2) is 0 Å². The maximum atomic E-state index is 13.0. The van der Waals surface area contributed by atoms with Gasteiger partial charge in [0.2, 0.25) is 11.8 Å². The van der Waals surface area contributed by atoms with E-state index in [-0.39, 0.29) is 23.6 Å². The molecule has 7 heteroatoms. The summed E-state index contributed by atoms with van der Waals surface area (Å²) >= 11 is 11.1. The van der Waals surface area contributed by atoms with Gasteiger partial charge in [0, 0.05) is 27.8 Å². The Morgan fingerprint density at radius 3 is 2.38 bits per heavy atom. The Balaban J connectivity index is 2.07. The molecule has 156 valence electrons. The van der Waals surface area contributed by atoms with Gasteiger partial charge in [0.05, 0.1) is 5.75 Å². The first-order chi connectivity index (χ1) is 13.8. The van der Waals surface area contributed by atoms with Crippen LogP contribution in [0.4, 0.5) is 0 Å². The van der Waals surface area contributed by atoms with Gasteiger partial charge < -0.3 is 10.2 Å². The van der Waals surface area contributed by atoms with E-state index in [1.807, 2.05) is 62.4 Å². The maximum Gasteiger partial charge on any atom is 0.242 e. The second-order valence-electron chi connectivity index (χ2n) is 7.07. The van der Waals surface area contributed by atoms with Crippen molar-refractivity contribution in [2.45, 2.75) is 45.2 Å². The third kappa shape index (κ3) is 7.68. The fraction of sp³-hybridized carbons (Fsp3) is 0.364. The molecule has 1 N–H and O–H groups in total. The van der Waals surface area contributed by atoms with Crippen LogP contribution in [0.1, 0.15) is 31.9 Å². The molecule has 0 saturated carbocycles. The Bertz CT molecular complexity index is 830. The van der Waals surface area contributed by atoms with Crippen molar-refractivity contribution in [3.63, 3.8) is 0 Å². The first kappa shape index (κ1) is 23.8. The minimum Gasteiger partial charge on any atom is -0.352 e. The van der Waals surface area contributed by atoms with Gasteiger partial charge in [-0.05, 0) is 50.1 Å². The summed E-state index contributed by atoms with van der Waals surface area (Å²) in [5.74, 6) is 0.698. The lowest BCUT2D eigenvalue weighted by atomic mass is 10.1. The van der Waals surface area contributed by atoms with Crippen molar-refractivity contribution in [2.75, 3.05) is 5.75 Å². The predicted octanol–water partition coefficient (Wildman–Crippen LogP) is 5.28. The highest BCUT2D eigenvalue weighted by atomic mass is 79.9. The van der Waals surface area contributed by atoms with Crippen molar-refractivity contribution < 1.29 is 9.59 Å². The molecule has 2 aromatic carbocycles. The lowest BCUT2D eigenvalue weighted by Crippen LogP contribution is -2.49. The Hall–Kier alpha value is -1.50. The summed E-state index contributed by atoms with van der Waals surface area (Å²) in [7, 11) is 0. The van der Waals surface area contributed by atoms with Crippen molar-refractivity contribution in [2.24, 2.45) is 0 Å². The molecule has 29 heavy (non-hydrogen) atoms. The van der Waals surface area contributed by atoms with Crippen molar-refractivity contribution in [1.29, 1.82) is 0 Å². The van der Waals surface area contributed by atoms with Gasteiger partial charge in [0.1, 0.15) is 6.04 Å². The van der Waals surface area contributed by atoms with E-state index in [0.29, 0.717) is 17.3 Å². The van der Waals surface area contributed by atoms with Crippen LogP contribution in [0.3, 0.4) is 0 Å². The monoisotopic (exact) mass is 496 g/mol. The van der Waals surface area contributed by atoms with Crippen LogP contribution in [0.15, 0.2) is 53.0 Å². The molecule has 4 nitrogen and oxygen atoms in total. The van der Waals surface area contributed by atoms with E-state index in [1.165, 1.54) is 11.8 Å². The van der Waals surface area contributed by atoms with Gasteiger partial charge in [-0.3, -0.25) is 9.59 Å². The summed E-state index contributed by atoms with van der Waals surface area (Å²) in [6.07, 6.45) is 0. The van der Waals surface area contributed by atoms with Gasteiger partial charge in [-0.1, -0.05) is 57.9 Å². The average molecular weight is 498 g/mol. The van der Waals surface area contributed by atoms with E-state index >= 15 is 0 Å². The second-order valence-corrected chi connectivity index (χ2v) is 9.38. The highest BCUT2D eigenvalue weighted by Crippen LogP contribution is 2.22. The van der Waals surface area contributed by atoms with Crippen LogP contribution in [-0.4, -0.2) is 34.6 Å². The molecule has 0 spiro atoms. The Morgan fingerprint density at radius 1 is 1.10 bits per heavy atom. The second kappa shape index (κ2) is 11.6. The zero-order valence-corrected chi connectivity index (χ0v) is 20.0. The molecule has 1 unspecified atom stereocenters. The van der Waals surface area contributed by atoms with E-state index in [4.69, 9.17) is 11.6 Å².